The van der Waals surface area contributed by atoms with Gasteiger partial charge in [-0.25, -0.2) is 12.8 Å². The number of aryl methyl sites for hydroxylation is 1. The van der Waals surface area contributed by atoms with E-state index in [1.54, 1.807) is 24.4 Å². The zero-order valence-electron chi connectivity index (χ0n) is 9.58. The maximum Gasteiger partial charge on any atom is 0.181 e. The van der Waals surface area contributed by atoms with Gasteiger partial charge in [0.15, 0.2) is 9.84 Å². The summed E-state index contributed by atoms with van der Waals surface area (Å²) in [5.74, 6) is -0.858. The highest BCUT2D eigenvalue weighted by atomic mass is 32.2. The van der Waals surface area contributed by atoms with E-state index in [0.29, 0.717) is 5.69 Å². The molecule has 0 fully saturated rings. The van der Waals surface area contributed by atoms with Crippen LogP contribution in [0, 0.1) is 5.82 Å². The first-order valence-corrected chi connectivity index (χ1v) is 7.12. The molecule has 0 saturated heterocycles. The van der Waals surface area contributed by atoms with Crippen LogP contribution >= 0.6 is 0 Å². The van der Waals surface area contributed by atoms with Crippen LogP contribution < -0.4 is 0 Å². The molecule has 94 valence electrons. The predicted octanol–water partition coefficient (Wildman–Crippen LogP) is 2.24. The Labute approximate surface area is 105 Å². The summed E-state index contributed by atoms with van der Waals surface area (Å²) < 4.78 is 37.3. The molecule has 0 aliphatic rings. The third-order valence-electron chi connectivity index (χ3n) is 2.52. The largest absolute Gasteiger partial charge is 0.261 e. The molecule has 1 aromatic carbocycles. The summed E-state index contributed by atoms with van der Waals surface area (Å²) in [6, 6.07) is 10.7. The lowest BCUT2D eigenvalue weighted by Gasteiger charge is -2.05. The quantitative estimate of drug-likeness (QED) is 0.851. The minimum Gasteiger partial charge on any atom is -0.261 e. The third-order valence-corrected chi connectivity index (χ3v) is 4.27. The maximum atomic E-state index is 13.4. The number of halogens is 1. The maximum absolute atomic E-state index is 13.4. The lowest BCUT2D eigenvalue weighted by molar-refractivity contribution is 0.566. The standard InChI is InChI=1S/C13H12FNO2S/c14-12-6-1-2-7-13(12)18(16,17)10-8-11-5-3-4-9-15-11/h1-7,9H,8,10H2. The Hall–Kier alpha value is -1.75. The Bertz CT molecular complexity index is 626. The van der Waals surface area contributed by atoms with Crippen molar-refractivity contribution in [3.8, 4) is 0 Å². The molecule has 18 heavy (non-hydrogen) atoms. The van der Waals surface area contributed by atoms with Crippen molar-refractivity contribution in [3.05, 3.63) is 60.2 Å². The van der Waals surface area contributed by atoms with Gasteiger partial charge in [0.2, 0.25) is 0 Å². The Balaban J connectivity index is 2.16. The highest BCUT2D eigenvalue weighted by molar-refractivity contribution is 7.91. The van der Waals surface area contributed by atoms with Crippen molar-refractivity contribution < 1.29 is 12.8 Å². The van der Waals surface area contributed by atoms with E-state index in [0.717, 1.165) is 6.07 Å². The second-order valence-electron chi connectivity index (χ2n) is 3.82. The minimum absolute atomic E-state index is 0.148. The summed E-state index contributed by atoms with van der Waals surface area (Å²) in [4.78, 5) is 3.79. The Kier molecular flexibility index (Phi) is 3.72. The van der Waals surface area contributed by atoms with Gasteiger partial charge in [-0.05, 0) is 24.3 Å². The Morgan fingerprint density at radius 3 is 2.44 bits per heavy atom. The molecule has 3 nitrogen and oxygen atoms in total. The lowest BCUT2D eigenvalue weighted by atomic mass is 10.3. The summed E-state index contributed by atoms with van der Waals surface area (Å²) in [5.41, 5.74) is 0.678. The monoisotopic (exact) mass is 265 g/mol. The van der Waals surface area contributed by atoms with Crippen molar-refractivity contribution in [3.63, 3.8) is 0 Å². The van der Waals surface area contributed by atoms with Gasteiger partial charge < -0.3 is 0 Å². The first-order valence-electron chi connectivity index (χ1n) is 5.47. The summed E-state index contributed by atoms with van der Waals surface area (Å²) in [6.07, 6.45) is 1.88. The van der Waals surface area contributed by atoms with E-state index in [1.165, 1.54) is 18.2 Å². The van der Waals surface area contributed by atoms with Gasteiger partial charge in [-0.3, -0.25) is 4.98 Å². The fourth-order valence-electron chi connectivity index (χ4n) is 1.59. The van der Waals surface area contributed by atoms with Crippen LogP contribution in [0.15, 0.2) is 53.6 Å². The zero-order chi connectivity index (χ0) is 13.0. The second kappa shape index (κ2) is 5.27. The molecule has 0 amide bonds. The zero-order valence-corrected chi connectivity index (χ0v) is 10.4. The number of rotatable bonds is 4. The van der Waals surface area contributed by atoms with E-state index in [1.807, 2.05) is 0 Å². The van der Waals surface area contributed by atoms with Gasteiger partial charge in [0.05, 0.1) is 5.75 Å². The predicted molar refractivity (Wildman–Crippen MR) is 66.4 cm³/mol. The number of aromatic nitrogens is 1. The van der Waals surface area contributed by atoms with Crippen LogP contribution in [0.25, 0.3) is 0 Å². The summed E-state index contributed by atoms with van der Waals surface area (Å²) >= 11 is 0. The van der Waals surface area contributed by atoms with Crippen molar-refractivity contribution in [2.75, 3.05) is 5.75 Å². The van der Waals surface area contributed by atoms with E-state index < -0.39 is 15.7 Å². The van der Waals surface area contributed by atoms with Gasteiger partial charge in [0.1, 0.15) is 10.7 Å². The highest BCUT2D eigenvalue weighted by Crippen LogP contribution is 2.16. The first kappa shape index (κ1) is 12.7. The smallest absolute Gasteiger partial charge is 0.181 e. The Morgan fingerprint density at radius 1 is 1.06 bits per heavy atom. The average molecular weight is 265 g/mol. The number of pyridine rings is 1. The molecule has 1 aromatic heterocycles. The molecule has 0 aliphatic carbocycles. The van der Waals surface area contributed by atoms with E-state index in [4.69, 9.17) is 0 Å². The normalized spacial score (nSPS) is 11.4. The average Bonchev–Trinajstić information content (AvgIpc) is 2.38. The summed E-state index contributed by atoms with van der Waals surface area (Å²) in [6.45, 7) is 0. The molecule has 0 spiro atoms. The molecular weight excluding hydrogens is 253 g/mol. The van der Waals surface area contributed by atoms with Gasteiger partial charge in [-0.2, -0.15) is 0 Å². The highest BCUT2D eigenvalue weighted by Gasteiger charge is 2.18. The molecule has 0 aliphatic heterocycles. The number of sulfone groups is 1. The number of benzene rings is 1. The van der Waals surface area contributed by atoms with Crippen LogP contribution in [0.5, 0.6) is 0 Å². The molecule has 2 aromatic rings. The van der Waals surface area contributed by atoms with Gasteiger partial charge in [0, 0.05) is 18.3 Å². The van der Waals surface area contributed by atoms with Gasteiger partial charge >= 0.3 is 0 Å². The van der Waals surface area contributed by atoms with Crippen LogP contribution in [-0.2, 0) is 16.3 Å². The van der Waals surface area contributed by atoms with Crippen LogP contribution in [0.4, 0.5) is 4.39 Å². The molecular formula is C13H12FNO2S. The number of hydrogen-bond donors (Lipinski definition) is 0. The first-order chi connectivity index (χ1) is 8.59. The molecule has 1 heterocycles. The van der Waals surface area contributed by atoms with Crippen molar-refractivity contribution in [1.29, 1.82) is 0 Å². The topological polar surface area (TPSA) is 47.0 Å². The fraction of sp³-hybridized carbons (Fsp3) is 0.154. The van der Waals surface area contributed by atoms with Crippen molar-refractivity contribution >= 4 is 9.84 Å². The van der Waals surface area contributed by atoms with Crippen LogP contribution in [0.2, 0.25) is 0 Å². The van der Waals surface area contributed by atoms with Gasteiger partial charge in [-0.15, -0.1) is 0 Å². The number of hydrogen-bond acceptors (Lipinski definition) is 3. The molecule has 0 unspecified atom stereocenters. The van der Waals surface area contributed by atoms with Crippen LogP contribution in [0.3, 0.4) is 0 Å². The fourth-order valence-corrected chi connectivity index (χ4v) is 2.94. The molecule has 2 rings (SSSR count). The molecule has 0 saturated carbocycles. The van der Waals surface area contributed by atoms with E-state index in [9.17, 15) is 12.8 Å². The summed E-state index contributed by atoms with van der Waals surface area (Å²) in [5, 5.41) is 0. The number of nitrogens with zero attached hydrogens (tertiary/aromatic N) is 1. The summed E-state index contributed by atoms with van der Waals surface area (Å²) in [7, 11) is -3.60. The minimum atomic E-state index is -3.60. The molecule has 0 N–H and O–H groups in total. The van der Waals surface area contributed by atoms with Gasteiger partial charge in [0.25, 0.3) is 0 Å². The molecule has 0 atom stereocenters. The van der Waals surface area contributed by atoms with Crippen molar-refractivity contribution in [2.45, 2.75) is 11.3 Å². The van der Waals surface area contributed by atoms with E-state index in [2.05, 4.69) is 4.98 Å². The van der Waals surface area contributed by atoms with Gasteiger partial charge in [-0.1, -0.05) is 18.2 Å². The molecule has 0 radical (unpaired) electrons. The van der Waals surface area contributed by atoms with Crippen LogP contribution in [-0.4, -0.2) is 19.2 Å². The lowest BCUT2D eigenvalue weighted by Crippen LogP contribution is -2.11. The van der Waals surface area contributed by atoms with Crippen LogP contribution in [0.1, 0.15) is 5.69 Å². The molecule has 0 bridgehead atoms. The van der Waals surface area contributed by atoms with E-state index in [-0.39, 0.29) is 17.1 Å². The third kappa shape index (κ3) is 2.92. The van der Waals surface area contributed by atoms with E-state index >= 15 is 0 Å². The van der Waals surface area contributed by atoms with Crippen molar-refractivity contribution in [1.82, 2.24) is 4.98 Å². The second-order valence-corrected chi connectivity index (χ2v) is 5.90. The Morgan fingerprint density at radius 2 is 1.78 bits per heavy atom. The molecule has 5 heteroatoms. The SMILES string of the molecule is O=S(=O)(CCc1ccccn1)c1ccccc1F. The van der Waals surface area contributed by atoms with Crippen molar-refractivity contribution in [2.24, 2.45) is 0 Å².